The molecule has 0 radical (unpaired) electrons. The third-order valence-corrected chi connectivity index (χ3v) is 3.19. The van der Waals surface area contributed by atoms with Gasteiger partial charge in [-0.2, -0.15) is 11.8 Å². The molecule has 19 heavy (non-hydrogen) atoms. The van der Waals surface area contributed by atoms with Gasteiger partial charge in [-0.25, -0.2) is 4.99 Å². The zero-order valence-electron chi connectivity index (χ0n) is 11.8. The van der Waals surface area contributed by atoms with Gasteiger partial charge in [-0.05, 0) is 13.2 Å². The number of nitrogens with one attached hydrogen (secondary N) is 2. The number of nitrogens with zero attached hydrogens (tertiary/aromatic N) is 4. The second-order valence-corrected chi connectivity index (χ2v) is 4.96. The summed E-state index contributed by atoms with van der Waals surface area (Å²) in [7, 11) is 1.94. The first-order chi connectivity index (χ1) is 9.19. The molecule has 0 aliphatic heterocycles. The van der Waals surface area contributed by atoms with Gasteiger partial charge in [0.05, 0.1) is 0 Å². The Kier molecular flexibility index (Phi) is 7.02. The summed E-state index contributed by atoms with van der Waals surface area (Å²) in [5, 5.41) is 14.5. The molecule has 2 N–H and O–H groups in total. The van der Waals surface area contributed by atoms with Crippen molar-refractivity contribution in [1.29, 1.82) is 0 Å². The molecule has 0 atom stereocenters. The van der Waals surface area contributed by atoms with Crippen LogP contribution in [0.3, 0.4) is 0 Å². The molecule has 1 rings (SSSR count). The third kappa shape index (κ3) is 5.34. The van der Waals surface area contributed by atoms with Gasteiger partial charge in [-0.15, -0.1) is 16.8 Å². The van der Waals surface area contributed by atoms with Gasteiger partial charge >= 0.3 is 0 Å². The van der Waals surface area contributed by atoms with Crippen LogP contribution in [0.5, 0.6) is 0 Å². The van der Waals surface area contributed by atoms with Crippen LogP contribution in [0.15, 0.2) is 17.6 Å². The van der Waals surface area contributed by atoms with Gasteiger partial charge in [-0.1, -0.05) is 6.08 Å². The Labute approximate surface area is 118 Å². The van der Waals surface area contributed by atoms with E-state index in [-0.39, 0.29) is 0 Å². The number of thioether (sulfide) groups is 1. The highest BCUT2D eigenvalue weighted by molar-refractivity contribution is 7.98. The molecule has 1 heterocycles. The van der Waals surface area contributed by atoms with Crippen LogP contribution in [0.25, 0.3) is 0 Å². The fourth-order valence-electron chi connectivity index (χ4n) is 1.35. The normalized spacial score (nSPS) is 11.4. The van der Waals surface area contributed by atoms with E-state index in [1.807, 2.05) is 18.5 Å². The zero-order chi connectivity index (χ0) is 14.1. The molecule has 0 fully saturated rings. The topological polar surface area (TPSA) is 67.1 Å². The fraction of sp³-hybridized carbons (Fsp3) is 0.583. The monoisotopic (exact) mass is 282 g/mol. The summed E-state index contributed by atoms with van der Waals surface area (Å²) in [5.41, 5.74) is 0. The summed E-state index contributed by atoms with van der Waals surface area (Å²) in [6.07, 6.45) is 3.89. The Bertz CT molecular complexity index is 426. The van der Waals surface area contributed by atoms with Gasteiger partial charge in [0.2, 0.25) is 0 Å². The largest absolute Gasteiger partial charge is 0.356 e. The molecule has 0 saturated heterocycles. The van der Waals surface area contributed by atoms with Gasteiger partial charge < -0.3 is 15.2 Å². The first kappa shape index (κ1) is 15.6. The minimum atomic E-state index is 0.503. The molecule has 0 spiro atoms. The smallest absolute Gasteiger partial charge is 0.191 e. The Morgan fingerprint density at radius 3 is 2.84 bits per heavy atom. The molecule has 0 bridgehead atoms. The second kappa shape index (κ2) is 8.58. The van der Waals surface area contributed by atoms with E-state index in [9.17, 15) is 0 Å². The summed E-state index contributed by atoms with van der Waals surface area (Å²) >= 11 is 1.80. The fourth-order valence-corrected chi connectivity index (χ4v) is 1.66. The molecule has 0 aliphatic rings. The van der Waals surface area contributed by atoms with Crippen LogP contribution in [0.1, 0.15) is 11.6 Å². The summed E-state index contributed by atoms with van der Waals surface area (Å²) in [6.45, 7) is 7.68. The molecule has 6 nitrogen and oxygen atoms in total. The average Bonchev–Trinajstić information content (AvgIpc) is 2.73. The van der Waals surface area contributed by atoms with Crippen molar-refractivity contribution in [3.63, 3.8) is 0 Å². The van der Waals surface area contributed by atoms with E-state index < -0.39 is 0 Å². The van der Waals surface area contributed by atoms with Gasteiger partial charge in [0.1, 0.15) is 12.4 Å². The number of aryl methyl sites for hydroxylation is 1. The molecule has 0 unspecified atom stereocenters. The van der Waals surface area contributed by atoms with Crippen molar-refractivity contribution in [2.45, 2.75) is 13.5 Å². The molecule has 0 aromatic carbocycles. The lowest BCUT2D eigenvalue weighted by atomic mass is 10.5. The van der Waals surface area contributed by atoms with Gasteiger partial charge in [0.15, 0.2) is 11.8 Å². The van der Waals surface area contributed by atoms with Crippen LogP contribution in [-0.4, -0.2) is 45.8 Å². The number of aliphatic imine (C=N–C) groups is 1. The quantitative estimate of drug-likeness (QED) is 0.334. The predicted octanol–water partition coefficient (Wildman–Crippen LogP) is 0.708. The molecule has 1 aromatic rings. The van der Waals surface area contributed by atoms with E-state index in [0.29, 0.717) is 13.1 Å². The van der Waals surface area contributed by atoms with E-state index in [1.54, 1.807) is 17.8 Å². The number of rotatable bonds is 7. The molecular weight excluding hydrogens is 260 g/mol. The highest BCUT2D eigenvalue weighted by atomic mass is 32.2. The SMILES string of the molecule is C=CCNC(=NCc1nnc(C)n1C)NCCSC. The minimum absolute atomic E-state index is 0.503. The van der Waals surface area contributed by atoms with Crippen LogP contribution >= 0.6 is 11.8 Å². The number of hydrogen-bond donors (Lipinski definition) is 2. The minimum Gasteiger partial charge on any atom is -0.356 e. The zero-order valence-corrected chi connectivity index (χ0v) is 12.6. The standard InChI is InChI=1S/C12H22N6S/c1-5-6-13-12(14-7-8-19-4)15-9-11-17-16-10(2)18(11)3/h5H,1,6-9H2,2-4H3,(H2,13,14,15). The Morgan fingerprint density at radius 2 is 2.26 bits per heavy atom. The van der Waals surface area contributed by atoms with E-state index in [4.69, 9.17) is 0 Å². The molecule has 0 aliphatic carbocycles. The van der Waals surface area contributed by atoms with Crippen molar-refractivity contribution >= 4 is 17.7 Å². The van der Waals surface area contributed by atoms with E-state index in [0.717, 1.165) is 29.9 Å². The number of hydrogen-bond acceptors (Lipinski definition) is 4. The summed E-state index contributed by atoms with van der Waals surface area (Å²) in [6, 6.07) is 0. The van der Waals surface area contributed by atoms with Crippen LogP contribution in [0, 0.1) is 6.92 Å². The van der Waals surface area contributed by atoms with Crippen LogP contribution in [0.2, 0.25) is 0 Å². The Balaban J connectivity index is 2.59. The van der Waals surface area contributed by atoms with Crippen LogP contribution in [-0.2, 0) is 13.6 Å². The first-order valence-electron chi connectivity index (χ1n) is 6.16. The van der Waals surface area contributed by atoms with Gasteiger partial charge in [-0.3, -0.25) is 0 Å². The van der Waals surface area contributed by atoms with Gasteiger partial charge in [0.25, 0.3) is 0 Å². The first-order valence-corrected chi connectivity index (χ1v) is 7.55. The lowest BCUT2D eigenvalue weighted by Crippen LogP contribution is -2.38. The van der Waals surface area contributed by atoms with Crippen molar-refractivity contribution in [2.24, 2.45) is 12.0 Å². The van der Waals surface area contributed by atoms with Crippen LogP contribution < -0.4 is 10.6 Å². The number of aromatic nitrogens is 3. The highest BCUT2D eigenvalue weighted by Gasteiger charge is 2.04. The predicted molar refractivity (Wildman–Crippen MR) is 81.5 cm³/mol. The maximum atomic E-state index is 4.49. The molecule has 0 saturated carbocycles. The summed E-state index contributed by atoms with van der Waals surface area (Å²) in [4.78, 5) is 4.49. The maximum absolute atomic E-state index is 4.49. The maximum Gasteiger partial charge on any atom is 0.191 e. The molecule has 7 heteroatoms. The van der Waals surface area contributed by atoms with Crippen molar-refractivity contribution in [3.8, 4) is 0 Å². The Morgan fingerprint density at radius 1 is 1.47 bits per heavy atom. The van der Waals surface area contributed by atoms with Gasteiger partial charge in [0, 0.05) is 25.9 Å². The van der Waals surface area contributed by atoms with Crippen LogP contribution in [0.4, 0.5) is 0 Å². The molecule has 0 amide bonds. The number of guanidine groups is 1. The molecular formula is C12H22N6S. The van der Waals surface area contributed by atoms with E-state index in [2.05, 4.69) is 38.7 Å². The van der Waals surface area contributed by atoms with Crippen molar-refractivity contribution < 1.29 is 0 Å². The summed E-state index contributed by atoms with van der Waals surface area (Å²) < 4.78 is 1.94. The van der Waals surface area contributed by atoms with Crippen molar-refractivity contribution in [3.05, 3.63) is 24.3 Å². The average molecular weight is 282 g/mol. The second-order valence-electron chi connectivity index (χ2n) is 3.98. The molecule has 106 valence electrons. The molecule has 1 aromatic heterocycles. The summed E-state index contributed by atoms with van der Waals surface area (Å²) in [5.74, 6) is 3.55. The van der Waals surface area contributed by atoms with E-state index >= 15 is 0 Å². The van der Waals surface area contributed by atoms with Crippen molar-refractivity contribution in [1.82, 2.24) is 25.4 Å². The van der Waals surface area contributed by atoms with Crippen molar-refractivity contribution in [2.75, 3.05) is 25.1 Å². The highest BCUT2D eigenvalue weighted by Crippen LogP contribution is 1.99. The van der Waals surface area contributed by atoms with E-state index in [1.165, 1.54) is 0 Å². The lowest BCUT2D eigenvalue weighted by Gasteiger charge is -2.10. The third-order valence-electron chi connectivity index (χ3n) is 2.57. The lowest BCUT2D eigenvalue weighted by molar-refractivity contribution is 0.763. The Hall–Kier alpha value is -1.50.